The highest BCUT2D eigenvalue weighted by Crippen LogP contribution is 2.28. The van der Waals surface area contributed by atoms with Crippen molar-refractivity contribution >= 4 is 10.8 Å². The first kappa shape index (κ1) is 18.8. The predicted molar refractivity (Wildman–Crippen MR) is 104 cm³/mol. The minimum Gasteiger partial charge on any atom is -0.493 e. The number of nitrogens with one attached hydrogen (secondary N) is 1. The highest BCUT2D eigenvalue weighted by Gasteiger charge is 2.08. The SMILES string of the molecule is CCCOc1ccc2ccccc2c1CNCCCN(CC)CC. The fraction of sp³-hybridized carbons (Fsp3) is 0.524. The van der Waals surface area contributed by atoms with Crippen molar-refractivity contribution in [3.8, 4) is 5.75 Å². The van der Waals surface area contributed by atoms with Gasteiger partial charge in [0, 0.05) is 12.1 Å². The maximum absolute atomic E-state index is 5.98. The molecule has 0 aliphatic rings. The van der Waals surface area contributed by atoms with Gasteiger partial charge in [0.1, 0.15) is 5.75 Å². The summed E-state index contributed by atoms with van der Waals surface area (Å²) in [7, 11) is 0. The van der Waals surface area contributed by atoms with Crippen LogP contribution < -0.4 is 10.1 Å². The molecule has 0 amide bonds. The minimum atomic E-state index is 0.771. The third kappa shape index (κ3) is 5.22. The molecule has 0 aliphatic heterocycles. The average molecular weight is 329 g/mol. The highest BCUT2D eigenvalue weighted by atomic mass is 16.5. The van der Waals surface area contributed by atoms with E-state index in [4.69, 9.17) is 4.74 Å². The summed E-state index contributed by atoms with van der Waals surface area (Å²) in [5.41, 5.74) is 1.28. The van der Waals surface area contributed by atoms with Gasteiger partial charge in [-0.25, -0.2) is 0 Å². The Bertz CT molecular complexity index is 608. The van der Waals surface area contributed by atoms with Gasteiger partial charge in [-0.05, 0) is 55.9 Å². The van der Waals surface area contributed by atoms with Gasteiger partial charge in [-0.1, -0.05) is 51.1 Å². The summed E-state index contributed by atoms with van der Waals surface area (Å²) in [6.45, 7) is 12.7. The van der Waals surface area contributed by atoms with Gasteiger partial charge in [-0.3, -0.25) is 0 Å². The van der Waals surface area contributed by atoms with E-state index in [0.717, 1.165) is 51.5 Å². The fourth-order valence-corrected chi connectivity index (χ4v) is 3.03. The Morgan fingerprint density at radius 3 is 2.54 bits per heavy atom. The molecule has 1 N–H and O–H groups in total. The van der Waals surface area contributed by atoms with Gasteiger partial charge in [0.25, 0.3) is 0 Å². The van der Waals surface area contributed by atoms with E-state index in [-0.39, 0.29) is 0 Å². The zero-order valence-electron chi connectivity index (χ0n) is 15.5. The van der Waals surface area contributed by atoms with Gasteiger partial charge < -0.3 is 15.0 Å². The lowest BCUT2D eigenvalue weighted by atomic mass is 10.0. The Morgan fingerprint density at radius 1 is 1.00 bits per heavy atom. The Labute approximate surface area is 147 Å². The van der Waals surface area contributed by atoms with E-state index >= 15 is 0 Å². The van der Waals surface area contributed by atoms with Crippen molar-refractivity contribution in [3.05, 3.63) is 42.0 Å². The fourth-order valence-electron chi connectivity index (χ4n) is 3.03. The van der Waals surface area contributed by atoms with Gasteiger partial charge >= 0.3 is 0 Å². The quantitative estimate of drug-likeness (QED) is 0.617. The lowest BCUT2D eigenvalue weighted by molar-refractivity contribution is 0.297. The van der Waals surface area contributed by atoms with Crippen molar-refractivity contribution in [1.82, 2.24) is 10.2 Å². The smallest absolute Gasteiger partial charge is 0.124 e. The van der Waals surface area contributed by atoms with Crippen molar-refractivity contribution in [2.24, 2.45) is 0 Å². The molecule has 2 aromatic rings. The molecule has 0 spiro atoms. The van der Waals surface area contributed by atoms with Crippen LogP contribution in [0.25, 0.3) is 10.8 Å². The lowest BCUT2D eigenvalue weighted by Gasteiger charge is -2.18. The molecule has 2 rings (SSSR count). The first-order chi connectivity index (χ1) is 11.8. The van der Waals surface area contributed by atoms with Crippen LogP contribution in [0.3, 0.4) is 0 Å². The molecule has 0 aromatic heterocycles. The molecule has 0 unspecified atom stereocenters. The van der Waals surface area contributed by atoms with Crippen LogP contribution in [0.4, 0.5) is 0 Å². The van der Waals surface area contributed by atoms with Crippen molar-refractivity contribution < 1.29 is 4.74 Å². The summed E-state index contributed by atoms with van der Waals surface area (Å²) < 4.78 is 5.98. The standard InChI is InChI=1S/C21H32N2O/c1-4-16-24-21-13-12-18-10-7-8-11-19(18)20(21)17-22-14-9-15-23(5-2)6-3/h7-8,10-13,22H,4-6,9,14-17H2,1-3H3. The van der Waals surface area contributed by atoms with E-state index in [1.165, 1.54) is 22.8 Å². The molecule has 0 saturated carbocycles. The number of rotatable bonds is 11. The van der Waals surface area contributed by atoms with Crippen molar-refractivity contribution in [2.45, 2.75) is 40.2 Å². The van der Waals surface area contributed by atoms with E-state index in [1.54, 1.807) is 0 Å². The highest BCUT2D eigenvalue weighted by molar-refractivity contribution is 5.87. The molecular weight excluding hydrogens is 296 g/mol. The van der Waals surface area contributed by atoms with E-state index in [9.17, 15) is 0 Å². The third-order valence-electron chi connectivity index (χ3n) is 4.48. The minimum absolute atomic E-state index is 0.771. The number of nitrogens with zero attached hydrogens (tertiary/aromatic N) is 1. The molecule has 24 heavy (non-hydrogen) atoms. The maximum atomic E-state index is 5.98. The van der Waals surface area contributed by atoms with Crippen molar-refractivity contribution in [2.75, 3.05) is 32.8 Å². The number of hydrogen-bond donors (Lipinski definition) is 1. The first-order valence-electron chi connectivity index (χ1n) is 9.36. The van der Waals surface area contributed by atoms with Gasteiger partial charge in [-0.15, -0.1) is 0 Å². The van der Waals surface area contributed by atoms with Crippen LogP contribution in [-0.4, -0.2) is 37.7 Å². The van der Waals surface area contributed by atoms with Crippen LogP contribution in [0.2, 0.25) is 0 Å². The molecule has 3 heteroatoms. The average Bonchev–Trinajstić information content (AvgIpc) is 2.63. The van der Waals surface area contributed by atoms with Gasteiger partial charge in [0.05, 0.1) is 6.61 Å². The number of ether oxygens (including phenoxy) is 1. The van der Waals surface area contributed by atoms with Crippen LogP contribution in [0.1, 0.15) is 39.2 Å². The van der Waals surface area contributed by atoms with Crippen LogP contribution >= 0.6 is 0 Å². The largest absolute Gasteiger partial charge is 0.493 e. The van der Waals surface area contributed by atoms with Crippen LogP contribution in [0.5, 0.6) is 5.75 Å². The number of fused-ring (bicyclic) bond motifs is 1. The van der Waals surface area contributed by atoms with Crippen LogP contribution in [0, 0.1) is 0 Å². The molecule has 0 radical (unpaired) electrons. The second-order valence-corrected chi connectivity index (χ2v) is 6.17. The third-order valence-corrected chi connectivity index (χ3v) is 4.48. The molecule has 0 saturated heterocycles. The summed E-state index contributed by atoms with van der Waals surface area (Å²) in [5, 5.41) is 6.18. The van der Waals surface area contributed by atoms with Crippen LogP contribution in [-0.2, 0) is 6.54 Å². The van der Waals surface area contributed by atoms with Crippen molar-refractivity contribution in [1.29, 1.82) is 0 Å². The van der Waals surface area contributed by atoms with Crippen LogP contribution in [0.15, 0.2) is 36.4 Å². The zero-order chi connectivity index (χ0) is 17.2. The summed E-state index contributed by atoms with van der Waals surface area (Å²) >= 11 is 0. The molecular formula is C21H32N2O. The normalized spacial score (nSPS) is 11.3. The first-order valence-corrected chi connectivity index (χ1v) is 9.36. The molecule has 132 valence electrons. The van der Waals surface area contributed by atoms with Gasteiger partial charge in [0.2, 0.25) is 0 Å². The predicted octanol–water partition coefficient (Wildman–Crippen LogP) is 4.45. The molecule has 0 heterocycles. The summed E-state index contributed by atoms with van der Waals surface area (Å²) in [6, 6.07) is 12.8. The Balaban J connectivity index is 2.00. The molecule has 0 atom stereocenters. The van der Waals surface area contributed by atoms with Gasteiger partial charge in [0.15, 0.2) is 0 Å². The number of hydrogen-bond acceptors (Lipinski definition) is 3. The van der Waals surface area contributed by atoms with E-state index in [1.807, 2.05) is 0 Å². The Hall–Kier alpha value is -1.58. The molecule has 3 nitrogen and oxygen atoms in total. The molecule has 0 bridgehead atoms. The van der Waals surface area contributed by atoms with E-state index in [0.29, 0.717) is 0 Å². The zero-order valence-corrected chi connectivity index (χ0v) is 15.5. The summed E-state index contributed by atoms with van der Waals surface area (Å²) in [4.78, 5) is 2.47. The van der Waals surface area contributed by atoms with Crippen molar-refractivity contribution in [3.63, 3.8) is 0 Å². The second-order valence-electron chi connectivity index (χ2n) is 6.17. The van der Waals surface area contributed by atoms with E-state index in [2.05, 4.69) is 67.4 Å². The second kappa shape index (κ2) is 10.3. The monoisotopic (exact) mass is 328 g/mol. The number of benzene rings is 2. The topological polar surface area (TPSA) is 24.5 Å². The summed E-state index contributed by atoms with van der Waals surface area (Å²) in [6.07, 6.45) is 2.21. The maximum Gasteiger partial charge on any atom is 0.124 e. The van der Waals surface area contributed by atoms with Gasteiger partial charge in [-0.2, -0.15) is 0 Å². The lowest BCUT2D eigenvalue weighted by Crippen LogP contribution is -2.27. The molecule has 2 aromatic carbocycles. The molecule has 0 aliphatic carbocycles. The molecule has 0 fully saturated rings. The Morgan fingerprint density at radius 2 is 1.79 bits per heavy atom. The van der Waals surface area contributed by atoms with E-state index < -0.39 is 0 Å². The summed E-state index contributed by atoms with van der Waals surface area (Å²) in [5.74, 6) is 1.02. The Kier molecular flexibility index (Phi) is 8.06.